The van der Waals surface area contributed by atoms with Crippen LogP contribution in [0, 0.1) is 0 Å². The number of para-hydroxylation sites is 1. The van der Waals surface area contributed by atoms with Crippen molar-refractivity contribution in [3.05, 3.63) is 93.9 Å². The van der Waals surface area contributed by atoms with E-state index in [0.29, 0.717) is 5.75 Å². The number of carbonyl (C=O) groups is 1. The van der Waals surface area contributed by atoms with Crippen LogP contribution >= 0.6 is 23.1 Å². The summed E-state index contributed by atoms with van der Waals surface area (Å²) in [7, 11) is 0. The van der Waals surface area contributed by atoms with Crippen LogP contribution in [0.4, 0.5) is 5.69 Å². The van der Waals surface area contributed by atoms with E-state index in [-0.39, 0.29) is 11.9 Å². The van der Waals surface area contributed by atoms with Crippen LogP contribution in [0.2, 0.25) is 0 Å². The second kappa shape index (κ2) is 9.93. The van der Waals surface area contributed by atoms with Gasteiger partial charge in [-0.05, 0) is 48.4 Å². The molecule has 1 atom stereocenters. The first-order chi connectivity index (χ1) is 16.2. The van der Waals surface area contributed by atoms with Gasteiger partial charge >= 0.3 is 0 Å². The number of benzene rings is 2. The van der Waals surface area contributed by atoms with Crippen LogP contribution < -0.4 is 4.90 Å². The van der Waals surface area contributed by atoms with E-state index in [0.717, 1.165) is 42.5 Å². The summed E-state index contributed by atoms with van der Waals surface area (Å²) in [5.74, 6) is 1.42. The highest BCUT2D eigenvalue weighted by atomic mass is 32.2. The third-order valence-corrected chi connectivity index (χ3v) is 7.80. The highest BCUT2D eigenvalue weighted by Gasteiger charge is 2.30. The minimum atomic E-state index is 0.120. The number of rotatable bonds is 8. The average Bonchev–Trinajstić information content (AvgIpc) is 3.56. The minimum Gasteiger partial charge on any atom is -0.308 e. The molecule has 3 heterocycles. The van der Waals surface area contributed by atoms with Gasteiger partial charge in [0.05, 0.1) is 5.75 Å². The zero-order valence-electron chi connectivity index (χ0n) is 18.6. The Balaban J connectivity index is 1.32. The molecule has 0 unspecified atom stereocenters. The lowest BCUT2D eigenvalue weighted by atomic mass is 10.1. The molecule has 2 aromatic heterocycles. The summed E-state index contributed by atoms with van der Waals surface area (Å²) in [5.41, 5.74) is 3.56. The molecular weight excluding hydrogens is 448 g/mol. The molecule has 0 N–H and O–H groups in total. The molecule has 7 heteroatoms. The largest absolute Gasteiger partial charge is 0.308 e. The summed E-state index contributed by atoms with van der Waals surface area (Å²) >= 11 is 3.22. The number of thioether (sulfide) groups is 1. The predicted molar refractivity (Wildman–Crippen MR) is 135 cm³/mol. The van der Waals surface area contributed by atoms with Crippen molar-refractivity contribution in [1.82, 2.24) is 14.8 Å². The first kappa shape index (κ1) is 21.9. The Labute approximate surface area is 202 Å². The van der Waals surface area contributed by atoms with Gasteiger partial charge in [0.15, 0.2) is 5.16 Å². The van der Waals surface area contributed by atoms with E-state index < -0.39 is 0 Å². The van der Waals surface area contributed by atoms with Crippen LogP contribution in [-0.2, 0) is 30.6 Å². The van der Waals surface area contributed by atoms with Crippen molar-refractivity contribution in [2.75, 3.05) is 10.7 Å². The average molecular weight is 475 g/mol. The van der Waals surface area contributed by atoms with Gasteiger partial charge in [0.1, 0.15) is 5.82 Å². The van der Waals surface area contributed by atoms with Crippen molar-refractivity contribution in [2.45, 2.75) is 43.9 Å². The van der Waals surface area contributed by atoms with Gasteiger partial charge in [0.2, 0.25) is 5.91 Å². The number of anilines is 1. The van der Waals surface area contributed by atoms with Crippen LogP contribution in [0.25, 0.3) is 0 Å². The first-order valence-corrected chi connectivity index (χ1v) is 13.1. The summed E-state index contributed by atoms with van der Waals surface area (Å²) in [4.78, 5) is 16.4. The third kappa shape index (κ3) is 4.89. The summed E-state index contributed by atoms with van der Waals surface area (Å²) in [6.07, 6.45) is 2.56. The van der Waals surface area contributed by atoms with Crippen molar-refractivity contribution in [2.24, 2.45) is 0 Å². The molecule has 0 aliphatic carbocycles. The Kier molecular flexibility index (Phi) is 6.60. The molecule has 0 spiro atoms. The summed E-state index contributed by atoms with van der Waals surface area (Å²) < 4.78 is 2.19. The molecule has 2 aromatic carbocycles. The van der Waals surface area contributed by atoms with Crippen LogP contribution in [0.15, 0.2) is 77.3 Å². The molecule has 5 rings (SSSR count). The minimum absolute atomic E-state index is 0.120. The van der Waals surface area contributed by atoms with Crippen molar-refractivity contribution >= 4 is 34.7 Å². The monoisotopic (exact) mass is 474 g/mol. The highest BCUT2D eigenvalue weighted by Crippen LogP contribution is 2.33. The number of aryl methyl sites for hydroxylation is 1. The van der Waals surface area contributed by atoms with E-state index in [1.54, 1.807) is 11.3 Å². The molecule has 0 radical (unpaired) electrons. The van der Waals surface area contributed by atoms with Crippen LogP contribution in [0.1, 0.15) is 28.8 Å². The second-order valence-corrected chi connectivity index (χ2v) is 10.3. The normalized spacial score (nSPS) is 15.1. The van der Waals surface area contributed by atoms with E-state index in [9.17, 15) is 4.79 Å². The van der Waals surface area contributed by atoms with Crippen LogP contribution in [0.3, 0.4) is 0 Å². The maximum absolute atomic E-state index is 13.2. The molecule has 1 amide bonds. The molecular formula is C26H26N4OS2. The number of nitrogens with zero attached hydrogens (tertiary/aromatic N) is 4. The van der Waals surface area contributed by atoms with Gasteiger partial charge in [-0.15, -0.1) is 21.5 Å². The van der Waals surface area contributed by atoms with Gasteiger partial charge < -0.3 is 9.47 Å². The predicted octanol–water partition coefficient (Wildman–Crippen LogP) is 5.24. The Morgan fingerprint density at radius 2 is 1.88 bits per heavy atom. The number of fused-ring (bicyclic) bond motifs is 1. The maximum atomic E-state index is 13.2. The zero-order chi connectivity index (χ0) is 22.6. The van der Waals surface area contributed by atoms with E-state index >= 15 is 0 Å². The molecule has 168 valence electrons. The lowest BCUT2D eigenvalue weighted by molar-refractivity contribution is -0.116. The number of aromatic nitrogens is 3. The van der Waals surface area contributed by atoms with E-state index in [2.05, 4.69) is 69.5 Å². The molecule has 5 nitrogen and oxygen atoms in total. The smallest absolute Gasteiger partial charge is 0.237 e. The molecule has 0 bridgehead atoms. The standard InChI is InChI=1S/C26H26N4OS2/c1-19-16-21-10-5-6-12-23(21)30(19)25(31)18-33-26-28-27-24(17-22-11-7-15-32-22)29(26)14-13-20-8-3-2-4-9-20/h2-12,15,19H,13-14,16-18H2,1H3/t19-/m0/s1. The Bertz CT molecular complexity index is 1220. The Hall–Kier alpha value is -2.90. The van der Waals surface area contributed by atoms with Gasteiger partial charge in [0.25, 0.3) is 0 Å². The molecule has 33 heavy (non-hydrogen) atoms. The van der Waals surface area contributed by atoms with Crippen molar-refractivity contribution in [3.63, 3.8) is 0 Å². The Morgan fingerprint density at radius 3 is 2.70 bits per heavy atom. The quantitative estimate of drug-likeness (QED) is 0.328. The fraction of sp³-hybridized carbons (Fsp3) is 0.269. The molecule has 0 fully saturated rings. The fourth-order valence-electron chi connectivity index (χ4n) is 4.38. The SMILES string of the molecule is C[C@H]1Cc2ccccc2N1C(=O)CSc1nnc(Cc2cccs2)n1CCc1ccccc1. The first-order valence-electron chi connectivity index (χ1n) is 11.2. The molecule has 0 saturated carbocycles. The van der Waals surface area contributed by atoms with E-state index in [4.69, 9.17) is 0 Å². The van der Waals surface area contributed by atoms with E-state index in [1.165, 1.54) is 27.8 Å². The van der Waals surface area contributed by atoms with Gasteiger partial charge in [-0.2, -0.15) is 0 Å². The maximum Gasteiger partial charge on any atom is 0.237 e. The third-order valence-electron chi connectivity index (χ3n) is 5.97. The van der Waals surface area contributed by atoms with Crippen molar-refractivity contribution < 1.29 is 4.79 Å². The summed E-state index contributed by atoms with van der Waals surface area (Å²) in [6.45, 7) is 2.90. The van der Waals surface area contributed by atoms with Crippen LogP contribution in [-0.4, -0.2) is 32.5 Å². The van der Waals surface area contributed by atoms with Gasteiger partial charge in [-0.1, -0.05) is 66.4 Å². The number of hydrogen-bond donors (Lipinski definition) is 0. The second-order valence-electron chi connectivity index (χ2n) is 8.28. The Morgan fingerprint density at radius 1 is 1.06 bits per heavy atom. The van der Waals surface area contributed by atoms with Gasteiger partial charge in [-0.25, -0.2) is 0 Å². The number of carbonyl (C=O) groups excluding carboxylic acids is 1. The van der Waals surface area contributed by atoms with Gasteiger partial charge in [0, 0.05) is 29.6 Å². The lowest BCUT2D eigenvalue weighted by Gasteiger charge is -2.22. The lowest BCUT2D eigenvalue weighted by Crippen LogP contribution is -2.37. The van der Waals surface area contributed by atoms with Gasteiger partial charge in [-0.3, -0.25) is 4.79 Å². The van der Waals surface area contributed by atoms with E-state index in [1.807, 2.05) is 29.2 Å². The summed E-state index contributed by atoms with van der Waals surface area (Å²) in [5, 5.41) is 11.9. The zero-order valence-corrected chi connectivity index (χ0v) is 20.2. The number of hydrogen-bond acceptors (Lipinski definition) is 5. The number of amides is 1. The fourth-order valence-corrected chi connectivity index (χ4v) is 5.92. The van der Waals surface area contributed by atoms with Crippen molar-refractivity contribution in [3.8, 4) is 0 Å². The molecule has 0 saturated heterocycles. The summed E-state index contributed by atoms with van der Waals surface area (Å²) in [6, 6.07) is 23.0. The molecule has 4 aromatic rings. The molecule has 1 aliphatic rings. The molecule has 1 aliphatic heterocycles. The van der Waals surface area contributed by atoms with Crippen molar-refractivity contribution in [1.29, 1.82) is 0 Å². The van der Waals surface area contributed by atoms with Crippen LogP contribution in [0.5, 0.6) is 0 Å². The topological polar surface area (TPSA) is 51.0 Å². The highest BCUT2D eigenvalue weighted by molar-refractivity contribution is 7.99. The number of thiophene rings is 1.